The summed E-state index contributed by atoms with van der Waals surface area (Å²) in [6.07, 6.45) is 6.41. The molecule has 18 heavy (non-hydrogen) atoms. The van der Waals surface area contributed by atoms with E-state index in [0.717, 1.165) is 31.6 Å². The second-order valence-electron chi connectivity index (χ2n) is 4.57. The van der Waals surface area contributed by atoms with Crippen LogP contribution in [0.4, 0.5) is 0 Å². The van der Waals surface area contributed by atoms with Crippen LogP contribution in [0.5, 0.6) is 5.75 Å². The molecular formula is C16H25NO. The van der Waals surface area contributed by atoms with Crippen molar-refractivity contribution in [3.63, 3.8) is 0 Å². The highest BCUT2D eigenvalue weighted by atomic mass is 16.5. The molecule has 0 aliphatic rings. The van der Waals surface area contributed by atoms with Gasteiger partial charge in [-0.3, -0.25) is 0 Å². The van der Waals surface area contributed by atoms with Crippen LogP contribution in [0.15, 0.2) is 36.9 Å². The van der Waals surface area contributed by atoms with Crippen LogP contribution in [0.2, 0.25) is 0 Å². The van der Waals surface area contributed by atoms with Gasteiger partial charge in [0.25, 0.3) is 0 Å². The number of allylic oxidation sites excluding steroid dienone is 1. The first-order chi connectivity index (χ1) is 8.80. The minimum atomic E-state index is 0.523. The monoisotopic (exact) mass is 247 g/mol. The molecule has 1 rings (SSSR count). The fraction of sp³-hybridized carbons (Fsp3) is 0.500. The molecule has 0 aliphatic heterocycles. The van der Waals surface area contributed by atoms with Gasteiger partial charge in [-0.25, -0.2) is 0 Å². The average molecular weight is 247 g/mol. The van der Waals surface area contributed by atoms with Crippen LogP contribution >= 0.6 is 0 Å². The van der Waals surface area contributed by atoms with Crippen molar-refractivity contribution in [3.8, 4) is 5.75 Å². The normalized spacial score (nSPS) is 12.1. The zero-order valence-electron chi connectivity index (χ0n) is 11.6. The lowest BCUT2D eigenvalue weighted by Gasteiger charge is -2.18. The summed E-state index contributed by atoms with van der Waals surface area (Å²) in [5, 5.41) is 3.60. The standard InChI is InChI=1S/C16H25NO/c1-4-6-9-15(17-11-5-2)12-14-8-7-10-16(13-14)18-3/h4,7-8,10,13,15,17H,1,5-6,9,11-12H2,2-3H3. The smallest absolute Gasteiger partial charge is 0.119 e. The van der Waals surface area contributed by atoms with Crippen LogP contribution in [0.3, 0.4) is 0 Å². The van der Waals surface area contributed by atoms with E-state index in [9.17, 15) is 0 Å². The second-order valence-corrected chi connectivity index (χ2v) is 4.57. The first kappa shape index (κ1) is 14.8. The van der Waals surface area contributed by atoms with Gasteiger partial charge >= 0.3 is 0 Å². The van der Waals surface area contributed by atoms with E-state index < -0.39 is 0 Å². The third kappa shape index (κ3) is 5.37. The molecular weight excluding hydrogens is 222 g/mol. The number of nitrogens with one attached hydrogen (secondary N) is 1. The Hall–Kier alpha value is -1.28. The minimum absolute atomic E-state index is 0.523. The summed E-state index contributed by atoms with van der Waals surface area (Å²) in [6, 6.07) is 8.85. The predicted octanol–water partition coefficient (Wildman–Crippen LogP) is 3.57. The SMILES string of the molecule is C=CCCC(Cc1cccc(OC)c1)NCCC. The van der Waals surface area contributed by atoms with E-state index in [4.69, 9.17) is 4.74 Å². The molecule has 100 valence electrons. The van der Waals surface area contributed by atoms with E-state index in [2.05, 4.69) is 37.0 Å². The maximum Gasteiger partial charge on any atom is 0.119 e. The fourth-order valence-electron chi connectivity index (χ4n) is 2.03. The number of ether oxygens (including phenoxy) is 1. The van der Waals surface area contributed by atoms with Gasteiger partial charge in [-0.1, -0.05) is 25.1 Å². The number of hydrogen-bond acceptors (Lipinski definition) is 2. The van der Waals surface area contributed by atoms with Crippen molar-refractivity contribution in [3.05, 3.63) is 42.5 Å². The van der Waals surface area contributed by atoms with Crippen LogP contribution in [0.1, 0.15) is 31.7 Å². The first-order valence-corrected chi connectivity index (χ1v) is 6.77. The molecule has 0 aliphatic carbocycles. The zero-order valence-corrected chi connectivity index (χ0v) is 11.6. The quantitative estimate of drug-likeness (QED) is 0.674. The van der Waals surface area contributed by atoms with E-state index in [0.29, 0.717) is 6.04 Å². The Labute approximate surface area is 111 Å². The summed E-state index contributed by atoms with van der Waals surface area (Å²) >= 11 is 0. The van der Waals surface area contributed by atoms with E-state index in [-0.39, 0.29) is 0 Å². The summed E-state index contributed by atoms with van der Waals surface area (Å²) in [6.45, 7) is 7.07. The first-order valence-electron chi connectivity index (χ1n) is 6.77. The largest absolute Gasteiger partial charge is 0.497 e. The summed E-state index contributed by atoms with van der Waals surface area (Å²) in [7, 11) is 1.71. The average Bonchev–Trinajstić information content (AvgIpc) is 2.42. The van der Waals surface area contributed by atoms with Gasteiger partial charge in [-0.2, -0.15) is 0 Å². The van der Waals surface area contributed by atoms with Gasteiger partial charge < -0.3 is 10.1 Å². The molecule has 1 atom stereocenters. The van der Waals surface area contributed by atoms with Gasteiger partial charge in [0.1, 0.15) is 5.75 Å². The lowest BCUT2D eigenvalue weighted by molar-refractivity contribution is 0.413. The molecule has 0 aromatic heterocycles. The Bertz CT molecular complexity index is 349. The second kappa shape index (κ2) is 8.76. The summed E-state index contributed by atoms with van der Waals surface area (Å²) < 4.78 is 5.26. The lowest BCUT2D eigenvalue weighted by atomic mass is 10.0. The summed E-state index contributed by atoms with van der Waals surface area (Å²) in [5.41, 5.74) is 1.33. The van der Waals surface area contributed by atoms with Crippen molar-refractivity contribution >= 4 is 0 Å². The van der Waals surface area contributed by atoms with Crippen LogP contribution in [0.25, 0.3) is 0 Å². The fourth-order valence-corrected chi connectivity index (χ4v) is 2.03. The maximum atomic E-state index is 5.26. The van der Waals surface area contributed by atoms with Crippen molar-refractivity contribution < 1.29 is 4.74 Å². The van der Waals surface area contributed by atoms with Gasteiger partial charge in [0, 0.05) is 6.04 Å². The molecule has 2 nitrogen and oxygen atoms in total. The Balaban J connectivity index is 2.58. The number of methoxy groups -OCH3 is 1. The topological polar surface area (TPSA) is 21.3 Å². The van der Waals surface area contributed by atoms with E-state index in [1.807, 2.05) is 12.1 Å². The Kier molecular flexibility index (Phi) is 7.19. The zero-order chi connectivity index (χ0) is 13.2. The van der Waals surface area contributed by atoms with Crippen LogP contribution in [0, 0.1) is 0 Å². The van der Waals surface area contributed by atoms with Gasteiger partial charge in [0.2, 0.25) is 0 Å². The molecule has 0 saturated carbocycles. The van der Waals surface area contributed by atoms with E-state index in [1.54, 1.807) is 7.11 Å². The lowest BCUT2D eigenvalue weighted by Crippen LogP contribution is -2.31. The number of benzene rings is 1. The van der Waals surface area contributed by atoms with Crippen LogP contribution < -0.4 is 10.1 Å². The highest BCUT2D eigenvalue weighted by Gasteiger charge is 2.08. The van der Waals surface area contributed by atoms with Crippen LogP contribution in [-0.4, -0.2) is 19.7 Å². The molecule has 1 aromatic carbocycles. The molecule has 0 heterocycles. The predicted molar refractivity (Wildman–Crippen MR) is 78.2 cm³/mol. The Morgan fingerprint density at radius 1 is 1.44 bits per heavy atom. The summed E-state index contributed by atoms with van der Waals surface area (Å²) in [4.78, 5) is 0. The van der Waals surface area contributed by atoms with Gasteiger partial charge in [0.05, 0.1) is 7.11 Å². The Morgan fingerprint density at radius 2 is 2.28 bits per heavy atom. The van der Waals surface area contributed by atoms with Gasteiger partial charge in [0.15, 0.2) is 0 Å². The molecule has 0 spiro atoms. The molecule has 0 saturated heterocycles. The molecule has 1 aromatic rings. The maximum absolute atomic E-state index is 5.26. The molecule has 1 N–H and O–H groups in total. The highest BCUT2D eigenvalue weighted by Crippen LogP contribution is 2.15. The molecule has 0 amide bonds. The molecule has 0 radical (unpaired) electrons. The van der Waals surface area contributed by atoms with Crippen molar-refractivity contribution in [2.24, 2.45) is 0 Å². The number of rotatable bonds is 9. The molecule has 0 bridgehead atoms. The summed E-state index contributed by atoms with van der Waals surface area (Å²) in [5.74, 6) is 0.936. The van der Waals surface area contributed by atoms with Gasteiger partial charge in [-0.15, -0.1) is 6.58 Å². The van der Waals surface area contributed by atoms with Crippen molar-refractivity contribution in [1.29, 1.82) is 0 Å². The highest BCUT2D eigenvalue weighted by molar-refractivity contribution is 5.28. The number of hydrogen-bond donors (Lipinski definition) is 1. The molecule has 1 unspecified atom stereocenters. The minimum Gasteiger partial charge on any atom is -0.497 e. The third-order valence-corrected chi connectivity index (χ3v) is 3.02. The molecule has 0 fully saturated rings. The Morgan fingerprint density at radius 3 is 2.94 bits per heavy atom. The van der Waals surface area contributed by atoms with E-state index >= 15 is 0 Å². The third-order valence-electron chi connectivity index (χ3n) is 3.02. The van der Waals surface area contributed by atoms with Crippen molar-refractivity contribution in [2.75, 3.05) is 13.7 Å². The molecule has 2 heteroatoms. The van der Waals surface area contributed by atoms with Crippen molar-refractivity contribution in [2.45, 2.75) is 38.6 Å². The van der Waals surface area contributed by atoms with Crippen molar-refractivity contribution in [1.82, 2.24) is 5.32 Å². The van der Waals surface area contributed by atoms with Gasteiger partial charge in [-0.05, 0) is 49.9 Å². The van der Waals surface area contributed by atoms with Crippen LogP contribution in [-0.2, 0) is 6.42 Å². The van der Waals surface area contributed by atoms with E-state index in [1.165, 1.54) is 12.0 Å².